The fourth-order valence-corrected chi connectivity index (χ4v) is 2.99. The second-order valence-corrected chi connectivity index (χ2v) is 5.88. The van der Waals surface area contributed by atoms with E-state index in [4.69, 9.17) is 0 Å². The van der Waals surface area contributed by atoms with Crippen LogP contribution in [0.15, 0.2) is 30.3 Å². The molecule has 1 aromatic carbocycles. The minimum atomic E-state index is -2.02. The summed E-state index contributed by atoms with van der Waals surface area (Å²) in [6.07, 6.45) is -3.94. The summed E-state index contributed by atoms with van der Waals surface area (Å²) in [5.41, 5.74) is 1.15. The van der Waals surface area contributed by atoms with Gasteiger partial charge in [0.2, 0.25) is 5.91 Å². The lowest BCUT2D eigenvalue weighted by Crippen LogP contribution is -2.63. The number of nitrogens with one attached hydrogen (secondary N) is 1. The number of carbonyl (C=O) groups excluding carboxylic acids is 1. The zero-order valence-corrected chi connectivity index (χ0v) is 13.3. The Kier molecular flexibility index (Phi) is 6.47. The molecule has 23 heavy (non-hydrogen) atoms. The van der Waals surface area contributed by atoms with Crippen molar-refractivity contribution in [2.75, 3.05) is 19.6 Å². The quantitative estimate of drug-likeness (QED) is 0.832. The number of aryl methyl sites for hydroxylation is 1. The molecule has 1 heterocycles. The summed E-state index contributed by atoms with van der Waals surface area (Å²) in [6.45, 7) is 2.49. The predicted molar refractivity (Wildman–Crippen MR) is 84.6 cm³/mol. The topological polar surface area (TPSA) is 52.6 Å². The number of hydrogen-bond acceptors (Lipinski definition) is 3. The number of likely N-dealkylation sites (tertiary alicyclic amines) is 1. The molecule has 4 atom stereocenters. The van der Waals surface area contributed by atoms with E-state index in [0.717, 1.165) is 12.0 Å². The summed E-state index contributed by atoms with van der Waals surface area (Å²) in [5, 5.41) is 12.2. The first-order chi connectivity index (χ1) is 11.0. The molecule has 1 aliphatic heterocycles. The molecule has 4 unspecified atom stereocenters. The van der Waals surface area contributed by atoms with Crippen LogP contribution in [-0.4, -0.2) is 60.0 Å². The standard InChI is InChI=1S/C17H24F2N2O2/c1-2-20-17(23)16-15(19)14(18)13(22)11-21(16)10-6-9-12-7-4-3-5-8-12/h3-5,7-8,13-16,22H,2,6,9-11H2,1H3,(H,20,23). The molecule has 4 nitrogen and oxygen atoms in total. The lowest BCUT2D eigenvalue weighted by atomic mass is 9.94. The van der Waals surface area contributed by atoms with Gasteiger partial charge in [-0.3, -0.25) is 9.69 Å². The predicted octanol–water partition coefficient (Wildman–Crippen LogP) is 1.48. The molecule has 0 aromatic heterocycles. The van der Waals surface area contributed by atoms with Gasteiger partial charge in [-0.25, -0.2) is 8.78 Å². The maximum Gasteiger partial charge on any atom is 0.240 e. The van der Waals surface area contributed by atoms with Crippen molar-refractivity contribution >= 4 is 5.91 Å². The van der Waals surface area contributed by atoms with Gasteiger partial charge in [-0.15, -0.1) is 0 Å². The summed E-state index contributed by atoms with van der Waals surface area (Å²) < 4.78 is 28.0. The van der Waals surface area contributed by atoms with Gasteiger partial charge in [0.05, 0.1) is 0 Å². The van der Waals surface area contributed by atoms with Gasteiger partial charge in [-0.1, -0.05) is 30.3 Å². The van der Waals surface area contributed by atoms with Crippen LogP contribution in [0.2, 0.25) is 0 Å². The van der Waals surface area contributed by atoms with Crippen molar-refractivity contribution in [1.82, 2.24) is 10.2 Å². The van der Waals surface area contributed by atoms with E-state index in [2.05, 4.69) is 5.32 Å². The van der Waals surface area contributed by atoms with E-state index >= 15 is 0 Å². The van der Waals surface area contributed by atoms with Gasteiger partial charge in [0.25, 0.3) is 0 Å². The molecule has 1 saturated heterocycles. The van der Waals surface area contributed by atoms with Gasteiger partial charge >= 0.3 is 0 Å². The average Bonchev–Trinajstić information content (AvgIpc) is 2.54. The summed E-state index contributed by atoms with van der Waals surface area (Å²) >= 11 is 0. The average molecular weight is 326 g/mol. The van der Waals surface area contributed by atoms with Crippen LogP contribution in [0.3, 0.4) is 0 Å². The van der Waals surface area contributed by atoms with E-state index in [9.17, 15) is 18.7 Å². The number of benzene rings is 1. The number of amides is 1. The molecule has 2 N–H and O–H groups in total. The Morgan fingerprint density at radius 1 is 1.30 bits per heavy atom. The summed E-state index contributed by atoms with van der Waals surface area (Å²) in [4.78, 5) is 13.6. The maximum absolute atomic E-state index is 14.2. The number of alkyl halides is 2. The Hall–Kier alpha value is -1.53. The molecule has 1 fully saturated rings. The number of β-amino-alcohol motifs (C(OH)–C–C–N with tert-alkyl or cyclic N) is 1. The normalized spacial score (nSPS) is 28.5. The van der Waals surface area contributed by atoms with E-state index in [1.54, 1.807) is 11.8 Å². The molecule has 1 aromatic rings. The van der Waals surface area contributed by atoms with Crippen LogP contribution in [-0.2, 0) is 11.2 Å². The molecule has 128 valence electrons. The largest absolute Gasteiger partial charge is 0.389 e. The van der Waals surface area contributed by atoms with Crippen LogP contribution in [0.1, 0.15) is 18.9 Å². The monoisotopic (exact) mass is 326 g/mol. The number of halogens is 2. The van der Waals surface area contributed by atoms with Crippen LogP contribution < -0.4 is 5.32 Å². The first kappa shape index (κ1) is 17.8. The zero-order valence-electron chi connectivity index (χ0n) is 13.3. The second-order valence-electron chi connectivity index (χ2n) is 5.88. The molecule has 0 radical (unpaired) electrons. The molecular formula is C17H24F2N2O2. The smallest absolute Gasteiger partial charge is 0.240 e. The molecule has 1 aliphatic rings. The highest BCUT2D eigenvalue weighted by atomic mass is 19.2. The van der Waals surface area contributed by atoms with Crippen LogP contribution in [0.25, 0.3) is 0 Å². The number of rotatable bonds is 6. The molecular weight excluding hydrogens is 302 g/mol. The Labute approximate surface area is 135 Å². The number of piperidine rings is 1. The Morgan fingerprint density at radius 3 is 2.65 bits per heavy atom. The first-order valence-electron chi connectivity index (χ1n) is 8.06. The third kappa shape index (κ3) is 4.48. The highest BCUT2D eigenvalue weighted by Gasteiger charge is 2.47. The Balaban J connectivity index is 1.99. The SMILES string of the molecule is CCNC(=O)C1C(F)C(F)C(O)CN1CCCc1ccccc1. The number of hydrogen-bond donors (Lipinski definition) is 2. The summed E-state index contributed by atoms with van der Waals surface area (Å²) in [6, 6.07) is 8.66. The van der Waals surface area contributed by atoms with E-state index < -0.39 is 30.4 Å². The third-order valence-corrected chi connectivity index (χ3v) is 4.16. The van der Waals surface area contributed by atoms with Gasteiger partial charge in [0.1, 0.15) is 12.1 Å². The minimum Gasteiger partial charge on any atom is -0.389 e. The lowest BCUT2D eigenvalue weighted by Gasteiger charge is -2.40. The molecule has 0 aliphatic carbocycles. The van der Waals surface area contributed by atoms with Gasteiger partial charge < -0.3 is 10.4 Å². The van der Waals surface area contributed by atoms with Crippen LogP contribution in [0, 0.1) is 0 Å². The fourth-order valence-electron chi connectivity index (χ4n) is 2.99. The van der Waals surface area contributed by atoms with E-state index in [0.29, 0.717) is 19.5 Å². The molecule has 0 saturated carbocycles. The molecule has 0 spiro atoms. The van der Waals surface area contributed by atoms with Gasteiger partial charge in [-0.2, -0.15) is 0 Å². The van der Waals surface area contributed by atoms with Gasteiger partial charge in [-0.05, 0) is 31.9 Å². The highest BCUT2D eigenvalue weighted by Crippen LogP contribution is 2.25. The fraction of sp³-hybridized carbons (Fsp3) is 0.588. The van der Waals surface area contributed by atoms with Crippen molar-refractivity contribution in [1.29, 1.82) is 0 Å². The van der Waals surface area contributed by atoms with Crippen molar-refractivity contribution in [3.8, 4) is 0 Å². The van der Waals surface area contributed by atoms with E-state index in [1.165, 1.54) is 0 Å². The van der Waals surface area contributed by atoms with E-state index in [-0.39, 0.29) is 6.54 Å². The molecule has 2 rings (SSSR count). The van der Waals surface area contributed by atoms with Crippen LogP contribution in [0.4, 0.5) is 8.78 Å². The minimum absolute atomic E-state index is 0.0296. The third-order valence-electron chi connectivity index (χ3n) is 4.16. The molecule has 0 bridgehead atoms. The maximum atomic E-state index is 14.2. The van der Waals surface area contributed by atoms with E-state index in [1.807, 2.05) is 30.3 Å². The van der Waals surface area contributed by atoms with Crippen molar-refractivity contribution in [3.05, 3.63) is 35.9 Å². The van der Waals surface area contributed by atoms with Crippen molar-refractivity contribution in [3.63, 3.8) is 0 Å². The first-order valence-corrected chi connectivity index (χ1v) is 8.06. The lowest BCUT2D eigenvalue weighted by molar-refractivity contribution is -0.139. The number of likely N-dealkylation sites (N-methyl/N-ethyl adjacent to an activating group) is 1. The van der Waals surface area contributed by atoms with Crippen LogP contribution >= 0.6 is 0 Å². The van der Waals surface area contributed by atoms with Crippen molar-refractivity contribution in [2.45, 2.75) is 44.3 Å². The zero-order chi connectivity index (χ0) is 16.8. The number of carbonyl (C=O) groups is 1. The number of nitrogens with zero attached hydrogens (tertiary/aromatic N) is 1. The Bertz CT molecular complexity index is 501. The van der Waals surface area contributed by atoms with Crippen molar-refractivity contribution in [2.24, 2.45) is 0 Å². The number of aliphatic hydroxyl groups is 1. The Morgan fingerprint density at radius 2 is 2.00 bits per heavy atom. The second kappa shape index (κ2) is 8.36. The van der Waals surface area contributed by atoms with Gasteiger partial charge in [0, 0.05) is 13.1 Å². The number of aliphatic hydroxyl groups excluding tert-OH is 1. The van der Waals surface area contributed by atoms with Gasteiger partial charge in [0.15, 0.2) is 12.3 Å². The molecule has 6 heteroatoms. The highest BCUT2D eigenvalue weighted by molar-refractivity contribution is 5.82. The van der Waals surface area contributed by atoms with Crippen LogP contribution in [0.5, 0.6) is 0 Å². The molecule has 1 amide bonds. The van der Waals surface area contributed by atoms with Crippen molar-refractivity contribution < 1.29 is 18.7 Å². The summed E-state index contributed by atoms with van der Waals surface area (Å²) in [7, 11) is 0. The summed E-state index contributed by atoms with van der Waals surface area (Å²) in [5.74, 6) is -0.519.